The highest BCUT2D eigenvalue weighted by Gasteiger charge is 2.28. The molecule has 7 heteroatoms. The SMILES string of the molecule is O=C(O)C[C@H]1CN(C(=O)c2c[nH]c3cccc(Br)c23)CCO1. The first-order chi connectivity index (χ1) is 10.6. The first-order valence-corrected chi connectivity index (χ1v) is 7.74. The van der Waals surface area contributed by atoms with Crippen LogP contribution in [0, 0.1) is 0 Å². The van der Waals surface area contributed by atoms with Crippen LogP contribution in [0.25, 0.3) is 10.9 Å². The van der Waals surface area contributed by atoms with Crippen molar-refractivity contribution >= 4 is 38.7 Å². The lowest BCUT2D eigenvalue weighted by molar-refractivity contribution is -0.141. The number of nitrogens with one attached hydrogen (secondary N) is 1. The van der Waals surface area contributed by atoms with Gasteiger partial charge in [-0.1, -0.05) is 22.0 Å². The Labute approximate surface area is 135 Å². The number of nitrogens with zero attached hydrogens (tertiary/aromatic N) is 1. The van der Waals surface area contributed by atoms with E-state index in [4.69, 9.17) is 9.84 Å². The van der Waals surface area contributed by atoms with Gasteiger partial charge >= 0.3 is 5.97 Å². The number of H-pyrrole nitrogens is 1. The van der Waals surface area contributed by atoms with Crippen molar-refractivity contribution < 1.29 is 19.4 Å². The minimum Gasteiger partial charge on any atom is -0.481 e. The van der Waals surface area contributed by atoms with Gasteiger partial charge in [0.25, 0.3) is 5.91 Å². The maximum Gasteiger partial charge on any atom is 0.306 e. The number of carbonyl (C=O) groups is 2. The van der Waals surface area contributed by atoms with Crippen molar-refractivity contribution in [3.8, 4) is 0 Å². The molecule has 2 heterocycles. The molecule has 0 spiro atoms. The van der Waals surface area contributed by atoms with Crippen LogP contribution < -0.4 is 0 Å². The molecule has 22 heavy (non-hydrogen) atoms. The number of benzene rings is 1. The fraction of sp³-hybridized carbons (Fsp3) is 0.333. The molecule has 2 aromatic rings. The van der Waals surface area contributed by atoms with Crippen LogP contribution in [0.3, 0.4) is 0 Å². The van der Waals surface area contributed by atoms with E-state index in [0.717, 1.165) is 15.4 Å². The molecule has 1 aromatic carbocycles. The summed E-state index contributed by atoms with van der Waals surface area (Å²) in [5.41, 5.74) is 1.46. The van der Waals surface area contributed by atoms with E-state index in [2.05, 4.69) is 20.9 Å². The maximum absolute atomic E-state index is 12.7. The first-order valence-electron chi connectivity index (χ1n) is 6.94. The van der Waals surface area contributed by atoms with Crippen LogP contribution in [0.15, 0.2) is 28.9 Å². The van der Waals surface area contributed by atoms with E-state index in [1.165, 1.54) is 0 Å². The molecule has 3 rings (SSSR count). The van der Waals surface area contributed by atoms with Crippen molar-refractivity contribution in [1.29, 1.82) is 0 Å². The molecule has 1 atom stereocenters. The molecule has 116 valence electrons. The highest BCUT2D eigenvalue weighted by molar-refractivity contribution is 9.10. The summed E-state index contributed by atoms with van der Waals surface area (Å²) in [5, 5.41) is 9.70. The number of halogens is 1. The number of fused-ring (bicyclic) bond motifs is 1. The second kappa shape index (κ2) is 6.10. The van der Waals surface area contributed by atoms with E-state index < -0.39 is 12.1 Å². The summed E-state index contributed by atoms with van der Waals surface area (Å²) in [6.45, 7) is 1.11. The summed E-state index contributed by atoms with van der Waals surface area (Å²) in [4.78, 5) is 28.3. The zero-order chi connectivity index (χ0) is 15.7. The molecular formula is C15H15BrN2O4. The molecule has 1 aromatic heterocycles. The number of morpholine rings is 1. The summed E-state index contributed by atoms with van der Waals surface area (Å²) in [6, 6.07) is 5.69. The van der Waals surface area contributed by atoms with Gasteiger partial charge in [-0.25, -0.2) is 0 Å². The lowest BCUT2D eigenvalue weighted by atomic mass is 10.1. The molecule has 0 saturated carbocycles. The van der Waals surface area contributed by atoms with Gasteiger partial charge in [-0.2, -0.15) is 0 Å². The number of ether oxygens (including phenoxy) is 1. The molecule has 1 amide bonds. The summed E-state index contributed by atoms with van der Waals surface area (Å²) >= 11 is 3.47. The third kappa shape index (κ3) is 2.86. The lowest BCUT2D eigenvalue weighted by Crippen LogP contribution is -2.46. The van der Waals surface area contributed by atoms with Crippen LogP contribution in [0.2, 0.25) is 0 Å². The number of aliphatic carboxylic acids is 1. The van der Waals surface area contributed by atoms with Crippen molar-refractivity contribution in [2.24, 2.45) is 0 Å². The average Bonchev–Trinajstić information content (AvgIpc) is 2.91. The smallest absolute Gasteiger partial charge is 0.306 e. The van der Waals surface area contributed by atoms with Gasteiger partial charge in [-0.15, -0.1) is 0 Å². The number of rotatable bonds is 3. The lowest BCUT2D eigenvalue weighted by Gasteiger charge is -2.32. The van der Waals surface area contributed by atoms with E-state index >= 15 is 0 Å². The van der Waals surface area contributed by atoms with Crippen LogP contribution in [0.1, 0.15) is 16.8 Å². The molecule has 1 aliphatic heterocycles. The third-order valence-electron chi connectivity index (χ3n) is 3.71. The normalized spacial score (nSPS) is 18.6. The summed E-state index contributed by atoms with van der Waals surface area (Å²) in [6.07, 6.45) is 1.14. The van der Waals surface area contributed by atoms with Gasteiger partial charge in [0.1, 0.15) is 0 Å². The highest BCUT2D eigenvalue weighted by atomic mass is 79.9. The van der Waals surface area contributed by atoms with Gasteiger partial charge in [0, 0.05) is 34.7 Å². The molecule has 0 bridgehead atoms. The fourth-order valence-corrected chi connectivity index (χ4v) is 3.28. The largest absolute Gasteiger partial charge is 0.481 e. The van der Waals surface area contributed by atoms with Gasteiger partial charge in [0.05, 0.1) is 24.7 Å². The second-order valence-corrected chi connectivity index (χ2v) is 6.06. The van der Waals surface area contributed by atoms with E-state index in [1.807, 2.05) is 18.2 Å². The standard InChI is InChI=1S/C15H15BrN2O4/c16-11-2-1-3-12-14(11)10(7-17-12)15(21)18-4-5-22-9(8-18)6-13(19)20/h1-3,7,9,17H,4-6,8H2,(H,19,20)/t9-/m0/s1. The molecule has 0 radical (unpaired) electrons. The Balaban J connectivity index is 1.85. The Morgan fingerprint density at radius 1 is 1.45 bits per heavy atom. The van der Waals surface area contributed by atoms with Gasteiger partial charge in [0.2, 0.25) is 0 Å². The molecule has 1 fully saturated rings. The summed E-state index contributed by atoms with van der Waals surface area (Å²) in [5.74, 6) is -1.04. The van der Waals surface area contributed by atoms with Crippen LogP contribution >= 0.6 is 15.9 Å². The Morgan fingerprint density at radius 2 is 2.27 bits per heavy atom. The molecule has 1 aliphatic rings. The Bertz CT molecular complexity index is 727. The minimum absolute atomic E-state index is 0.0959. The van der Waals surface area contributed by atoms with E-state index in [-0.39, 0.29) is 12.3 Å². The maximum atomic E-state index is 12.7. The van der Waals surface area contributed by atoms with Crippen LogP contribution in [-0.4, -0.2) is 52.7 Å². The summed E-state index contributed by atoms with van der Waals surface area (Å²) < 4.78 is 6.26. The van der Waals surface area contributed by atoms with Gasteiger partial charge in [0.15, 0.2) is 0 Å². The topological polar surface area (TPSA) is 82.6 Å². The van der Waals surface area contributed by atoms with Crippen LogP contribution in [0.4, 0.5) is 0 Å². The number of carboxylic acids is 1. The van der Waals surface area contributed by atoms with Crippen molar-refractivity contribution in [2.75, 3.05) is 19.7 Å². The molecule has 6 nitrogen and oxygen atoms in total. The predicted octanol–water partition coefficient (Wildman–Crippen LogP) is 2.25. The molecule has 0 unspecified atom stereocenters. The number of aromatic amines is 1. The monoisotopic (exact) mass is 366 g/mol. The third-order valence-corrected chi connectivity index (χ3v) is 4.37. The number of carboxylic acid groups (broad SMARTS) is 1. The average molecular weight is 367 g/mol. The Morgan fingerprint density at radius 3 is 3.05 bits per heavy atom. The number of carbonyl (C=O) groups excluding carboxylic acids is 1. The number of hydrogen-bond acceptors (Lipinski definition) is 3. The van der Waals surface area contributed by atoms with E-state index in [9.17, 15) is 9.59 Å². The number of aromatic nitrogens is 1. The number of amides is 1. The Hall–Kier alpha value is -1.86. The van der Waals surface area contributed by atoms with Gasteiger partial charge in [-0.05, 0) is 12.1 Å². The van der Waals surface area contributed by atoms with E-state index in [0.29, 0.717) is 25.3 Å². The van der Waals surface area contributed by atoms with Crippen molar-refractivity contribution in [3.63, 3.8) is 0 Å². The Kier molecular flexibility index (Phi) is 4.17. The van der Waals surface area contributed by atoms with Crippen molar-refractivity contribution in [1.82, 2.24) is 9.88 Å². The zero-order valence-electron chi connectivity index (χ0n) is 11.7. The second-order valence-electron chi connectivity index (χ2n) is 5.21. The molecule has 0 aliphatic carbocycles. The first kappa shape index (κ1) is 15.1. The van der Waals surface area contributed by atoms with Gasteiger partial charge < -0.3 is 19.7 Å². The molecule has 2 N–H and O–H groups in total. The van der Waals surface area contributed by atoms with Crippen molar-refractivity contribution in [2.45, 2.75) is 12.5 Å². The predicted molar refractivity (Wildman–Crippen MR) is 83.9 cm³/mol. The van der Waals surface area contributed by atoms with Crippen molar-refractivity contribution in [3.05, 3.63) is 34.4 Å². The summed E-state index contributed by atoms with van der Waals surface area (Å²) in [7, 11) is 0. The zero-order valence-corrected chi connectivity index (χ0v) is 13.3. The molecular weight excluding hydrogens is 352 g/mol. The highest BCUT2D eigenvalue weighted by Crippen LogP contribution is 2.28. The van der Waals surface area contributed by atoms with Gasteiger partial charge in [-0.3, -0.25) is 9.59 Å². The number of hydrogen-bond donors (Lipinski definition) is 2. The fourth-order valence-electron chi connectivity index (χ4n) is 2.70. The van der Waals surface area contributed by atoms with Crippen LogP contribution in [-0.2, 0) is 9.53 Å². The van der Waals surface area contributed by atoms with E-state index in [1.54, 1.807) is 11.1 Å². The minimum atomic E-state index is -0.922. The quantitative estimate of drug-likeness (QED) is 0.872. The van der Waals surface area contributed by atoms with Crippen LogP contribution in [0.5, 0.6) is 0 Å². The molecule has 1 saturated heterocycles.